The fourth-order valence-electron chi connectivity index (χ4n) is 2.12. The fraction of sp³-hybridized carbons (Fsp3) is 0.462. The summed E-state index contributed by atoms with van der Waals surface area (Å²) in [4.78, 5) is 11.9. The summed E-state index contributed by atoms with van der Waals surface area (Å²) < 4.78 is 12.9. The van der Waals surface area contributed by atoms with Crippen molar-refractivity contribution >= 4 is 17.5 Å². The van der Waals surface area contributed by atoms with Gasteiger partial charge in [-0.15, -0.1) is 0 Å². The van der Waals surface area contributed by atoms with Gasteiger partial charge in [0.2, 0.25) is 0 Å². The number of carbonyl (C=O) groups is 1. The molecule has 1 aliphatic heterocycles. The van der Waals surface area contributed by atoms with Gasteiger partial charge in [-0.1, -0.05) is 11.6 Å². The summed E-state index contributed by atoms with van der Waals surface area (Å²) in [6.07, 6.45) is 1.50. The lowest BCUT2D eigenvalue weighted by Gasteiger charge is -2.32. The number of aliphatic hydroxyl groups is 1. The Morgan fingerprint density at radius 1 is 1.58 bits per heavy atom. The number of rotatable bonds is 3. The molecule has 1 aromatic rings. The highest BCUT2D eigenvalue weighted by atomic mass is 35.5. The standard InChI is InChI=1S/C13H16ClFN2O2/c14-11-6-9(15)2-3-10(11)12(18)17-8-13(19)4-1-5-16-7-13/h2-3,6,16,19H,1,4-5,7-8H2,(H,17,18)/t13-/m0/s1. The minimum atomic E-state index is -0.930. The molecule has 0 bridgehead atoms. The molecule has 1 fully saturated rings. The van der Waals surface area contributed by atoms with E-state index in [1.165, 1.54) is 12.1 Å². The molecule has 0 aliphatic carbocycles. The first kappa shape index (κ1) is 14.2. The monoisotopic (exact) mass is 286 g/mol. The molecular weight excluding hydrogens is 271 g/mol. The van der Waals surface area contributed by atoms with E-state index in [2.05, 4.69) is 10.6 Å². The molecular formula is C13H16ClFN2O2. The number of β-amino-alcohol motifs (C(OH)–C–C–N with tert-alkyl or cyclic N) is 1. The Bertz CT molecular complexity index is 476. The molecule has 1 atom stereocenters. The third-order valence-electron chi connectivity index (χ3n) is 3.20. The van der Waals surface area contributed by atoms with E-state index in [1.54, 1.807) is 0 Å². The maximum atomic E-state index is 12.9. The van der Waals surface area contributed by atoms with Gasteiger partial charge >= 0.3 is 0 Å². The van der Waals surface area contributed by atoms with E-state index in [1.807, 2.05) is 0 Å². The van der Waals surface area contributed by atoms with Crippen LogP contribution in [0.15, 0.2) is 18.2 Å². The quantitative estimate of drug-likeness (QED) is 0.785. The fourth-order valence-corrected chi connectivity index (χ4v) is 2.37. The highest BCUT2D eigenvalue weighted by Crippen LogP contribution is 2.18. The molecule has 1 heterocycles. The Morgan fingerprint density at radius 2 is 2.37 bits per heavy atom. The molecule has 0 spiro atoms. The van der Waals surface area contributed by atoms with E-state index >= 15 is 0 Å². The zero-order chi connectivity index (χ0) is 13.9. The van der Waals surface area contributed by atoms with Crippen LogP contribution < -0.4 is 10.6 Å². The summed E-state index contributed by atoms with van der Waals surface area (Å²) >= 11 is 5.80. The molecule has 0 aromatic heterocycles. The van der Waals surface area contributed by atoms with Crippen LogP contribution in [-0.4, -0.2) is 36.2 Å². The zero-order valence-electron chi connectivity index (χ0n) is 10.4. The van der Waals surface area contributed by atoms with Crippen molar-refractivity contribution in [3.63, 3.8) is 0 Å². The molecule has 4 nitrogen and oxygen atoms in total. The van der Waals surface area contributed by atoms with E-state index in [4.69, 9.17) is 11.6 Å². The Balaban J connectivity index is 1.97. The smallest absolute Gasteiger partial charge is 0.252 e. The Kier molecular flexibility index (Phi) is 4.39. The van der Waals surface area contributed by atoms with E-state index in [9.17, 15) is 14.3 Å². The topological polar surface area (TPSA) is 61.4 Å². The minimum absolute atomic E-state index is 0.0614. The SMILES string of the molecule is O=C(NC[C@]1(O)CCCNC1)c1ccc(F)cc1Cl. The van der Waals surface area contributed by atoms with Crippen molar-refractivity contribution in [1.29, 1.82) is 0 Å². The third kappa shape index (κ3) is 3.65. The first-order chi connectivity index (χ1) is 9.00. The van der Waals surface area contributed by atoms with Crippen molar-refractivity contribution in [3.05, 3.63) is 34.6 Å². The lowest BCUT2D eigenvalue weighted by molar-refractivity contribution is 0.0170. The highest BCUT2D eigenvalue weighted by Gasteiger charge is 2.29. The number of hydrogen-bond acceptors (Lipinski definition) is 3. The summed E-state index contributed by atoms with van der Waals surface area (Å²) in [5.74, 6) is -0.902. The van der Waals surface area contributed by atoms with Gasteiger partial charge in [0.1, 0.15) is 5.82 Å². The lowest BCUT2D eigenvalue weighted by atomic mass is 9.94. The van der Waals surface area contributed by atoms with Crippen LogP contribution in [0.4, 0.5) is 4.39 Å². The number of carbonyl (C=O) groups excluding carboxylic acids is 1. The van der Waals surface area contributed by atoms with E-state index in [-0.39, 0.29) is 17.1 Å². The van der Waals surface area contributed by atoms with Gasteiger partial charge in [-0.25, -0.2) is 4.39 Å². The molecule has 1 amide bonds. The van der Waals surface area contributed by atoms with Crippen LogP contribution in [0.2, 0.25) is 5.02 Å². The predicted molar refractivity (Wildman–Crippen MR) is 70.8 cm³/mol. The summed E-state index contributed by atoms with van der Waals surface area (Å²) in [5, 5.41) is 16.0. The Labute approximate surface area is 116 Å². The number of nitrogens with one attached hydrogen (secondary N) is 2. The number of hydrogen-bond donors (Lipinski definition) is 3. The van der Waals surface area contributed by atoms with Crippen molar-refractivity contribution in [2.24, 2.45) is 0 Å². The Hall–Kier alpha value is -1.17. The van der Waals surface area contributed by atoms with Crippen molar-refractivity contribution < 1.29 is 14.3 Å². The normalized spacial score (nSPS) is 23.1. The van der Waals surface area contributed by atoms with Gasteiger partial charge < -0.3 is 15.7 Å². The summed E-state index contributed by atoms with van der Waals surface area (Å²) in [6, 6.07) is 3.60. The highest BCUT2D eigenvalue weighted by molar-refractivity contribution is 6.33. The second-order valence-electron chi connectivity index (χ2n) is 4.81. The number of piperidine rings is 1. The van der Waals surface area contributed by atoms with Gasteiger partial charge in [0.05, 0.1) is 16.2 Å². The molecule has 0 saturated carbocycles. The first-order valence-electron chi connectivity index (χ1n) is 6.17. The van der Waals surface area contributed by atoms with E-state index in [0.29, 0.717) is 13.0 Å². The van der Waals surface area contributed by atoms with Gasteiger partial charge in [0, 0.05) is 13.1 Å². The van der Waals surface area contributed by atoms with Gasteiger partial charge in [0.25, 0.3) is 5.91 Å². The second kappa shape index (κ2) is 5.86. The molecule has 0 radical (unpaired) electrons. The maximum absolute atomic E-state index is 12.9. The number of amides is 1. The molecule has 19 heavy (non-hydrogen) atoms. The average molecular weight is 287 g/mol. The molecule has 1 saturated heterocycles. The van der Waals surface area contributed by atoms with Gasteiger partial charge in [0.15, 0.2) is 0 Å². The van der Waals surface area contributed by atoms with Crippen LogP contribution in [0.25, 0.3) is 0 Å². The molecule has 1 aliphatic rings. The van der Waals surface area contributed by atoms with Crippen molar-refractivity contribution in [1.82, 2.24) is 10.6 Å². The van der Waals surface area contributed by atoms with E-state index in [0.717, 1.165) is 19.0 Å². The number of benzene rings is 1. The lowest BCUT2D eigenvalue weighted by Crippen LogP contribution is -2.52. The second-order valence-corrected chi connectivity index (χ2v) is 5.22. The summed E-state index contributed by atoms with van der Waals surface area (Å²) in [5.41, 5.74) is -0.726. The first-order valence-corrected chi connectivity index (χ1v) is 6.54. The van der Waals surface area contributed by atoms with Crippen molar-refractivity contribution in [2.75, 3.05) is 19.6 Å². The van der Waals surface area contributed by atoms with E-state index < -0.39 is 17.3 Å². The van der Waals surface area contributed by atoms with Gasteiger partial charge in [-0.2, -0.15) is 0 Å². The molecule has 0 unspecified atom stereocenters. The minimum Gasteiger partial charge on any atom is -0.387 e. The maximum Gasteiger partial charge on any atom is 0.252 e. The van der Waals surface area contributed by atoms with Crippen LogP contribution in [0.5, 0.6) is 0 Å². The third-order valence-corrected chi connectivity index (χ3v) is 3.52. The van der Waals surface area contributed by atoms with Crippen molar-refractivity contribution in [2.45, 2.75) is 18.4 Å². The van der Waals surface area contributed by atoms with Crippen LogP contribution in [0, 0.1) is 5.82 Å². The number of halogens is 2. The summed E-state index contributed by atoms with van der Waals surface area (Å²) in [6.45, 7) is 1.47. The summed E-state index contributed by atoms with van der Waals surface area (Å²) in [7, 11) is 0. The van der Waals surface area contributed by atoms with Crippen LogP contribution in [0.1, 0.15) is 23.2 Å². The van der Waals surface area contributed by atoms with Crippen LogP contribution >= 0.6 is 11.6 Å². The predicted octanol–water partition coefficient (Wildman–Crippen LogP) is 1.32. The largest absolute Gasteiger partial charge is 0.387 e. The molecule has 2 rings (SSSR count). The molecule has 104 valence electrons. The van der Waals surface area contributed by atoms with Crippen LogP contribution in [0.3, 0.4) is 0 Å². The van der Waals surface area contributed by atoms with Gasteiger partial charge in [-0.3, -0.25) is 4.79 Å². The van der Waals surface area contributed by atoms with Crippen LogP contribution in [-0.2, 0) is 0 Å². The molecule has 6 heteroatoms. The molecule has 3 N–H and O–H groups in total. The van der Waals surface area contributed by atoms with Crippen molar-refractivity contribution in [3.8, 4) is 0 Å². The Morgan fingerprint density at radius 3 is 3.00 bits per heavy atom. The van der Waals surface area contributed by atoms with Gasteiger partial charge in [-0.05, 0) is 37.6 Å². The molecule has 1 aromatic carbocycles. The average Bonchev–Trinajstić information content (AvgIpc) is 2.37. The zero-order valence-corrected chi connectivity index (χ0v) is 11.1.